The number of furan rings is 1. The molecule has 0 aromatic carbocycles. The van der Waals surface area contributed by atoms with Crippen molar-refractivity contribution in [1.29, 1.82) is 0 Å². The molecular weight excluding hydrogens is 288 g/mol. The van der Waals surface area contributed by atoms with Crippen LogP contribution in [0, 0.1) is 0 Å². The van der Waals surface area contributed by atoms with Gasteiger partial charge in [0.2, 0.25) is 0 Å². The molecule has 0 N–H and O–H groups in total. The van der Waals surface area contributed by atoms with Crippen molar-refractivity contribution in [3.8, 4) is 11.1 Å². The Kier molecular flexibility index (Phi) is 3.39. The van der Waals surface area contributed by atoms with Crippen LogP contribution >= 0.6 is 11.6 Å². The predicted octanol–water partition coefficient (Wildman–Crippen LogP) is 3.29. The van der Waals surface area contributed by atoms with Crippen molar-refractivity contribution >= 4 is 24.2 Å². The van der Waals surface area contributed by atoms with E-state index in [0.29, 0.717) is 5.15 Å². The van der Waals surface area contributed by atoms with Gasteiger partial charge >= 0.3 is 7.12 Å². The van der Waals surface area contributed by atoms with Crippen molar-refractivity contribution in [1.82, 2.24) is 4.98 Å². The molecule has 2 aromatic rings. The van der Waals surface area contributed by atoms with E-state index in [1.165, 1.54) is 0 Å². The molecule has 0 radical (unpaired) electrons. The van der Waals surface area contributed by atoms with Gasteiger partial charge < -0.3 is 13.7 Å². The first-order valence-electron chi connectivity index (χ1n) is 6.84. The van der Waals surface area contributed by atoms with E-state index in [9.17, 15) is 0 Å². The first-order chi connectivity index (χ1) is 9.80. The van der Waals surface area contributed by atoms with Crippen molar-refractivity contribution in [3.63, 3.8) is 0 Å². The Labute approximate surface area is 129 Å². The van der Waals surface area contributed by atoms with Crippen molar-refractivity contribution in [3.05, 3.63) is 36.0 Å². The quantitative estimate of drug-likeness (QED) is 0.631. The molecule has 0 aliphatic carbocycles. The van der Waals surface area contributed by atoms with E-state index in [-0.39, 0.29) is 11.2 Å². The Hall–Kier alpha value is -1.30. The monoisotopic (exact) mass is 305 g/mol. The van der Waals surface area contributed by atoms with Gasteiger partial charge in [0, 0.05) is 22.8 Å². The van der Waals surface area contributed by atoms with Gasteiger partial charge in [-0.25, -0.2) is 4.98 Å². The van der Waals surface area contributed by atoms with Crippen LogP contribution in [0.1, 0.15) is 27.7 Å². The lowest BCUT2D eigenvalue weighted by Crippen LogP contribution is -2.41. The lowest BCUT2D eigenvalue weighted by atomic mass is 9.79. The average molecular weight is 306 g/mol. The van der Waals surface area contributed by atoms with E-state index in [0.717, 1.165) is 16.6 Å². The second-order valence-corrected chi connectivity index (χ2v) is 6.57. The molecule has 1 fully saturated rings. The molecule has 1 saturated heterocycles. The highest BCUT2D eigenvalue weighted by molar-refractivity contribution is 6.62. The summed E-state index contributed by atoms with van der Waals surface area (Å²) in [5.74, 6) is 0. The van der Waals surface area contributed by atoms with Gasteiger partial charge in [-0.1, -0.05) is 11.6 Å². The first kappa shape index (κ1) is 14.6. The summed E-state index contributed by atoms with van der Waals surface area (Å²) in [6, 6.07) is 3.78. The Morgan fingerprint density at radius 1 is 1.14 bits per heavy atom. The Morgan fingerprint density at radius 2 is 1.81 bits per heavy atom. The summed E-state index contributed by atoms with van der Waals surface area (Å²) < 4.78 is 17.2. The van der Waals surface area contributed by atoms with Crippen LogP contribution in [0.2, 0.25) is 5.15 Å². The van der Waals surface area contributed by atoms with Crippen LogP contribution in [0.3, 0.4) is 0 Å². The van der Waals surface area contributed by atoms with Gasteiger partial charge in [0.25, 0.3) is 0 Å². The summed E-state index contributed by atoms with van der Waals surface area (Å²) in [4.78, 5) is 4.24. The third-order valence-corrected chi connectivity index (χ3v) is 4.52. The molecule has 0 amide bonds. The highest BCUT2D eigenvalue weighted by atomic mass is 35.5. The van der Waals surface area contributed by atoms with E-state index in [1.807, 2.05) is 39.8 Å². The Balaban J connectivity index is 1.97. The van der Waals surface area contributed by atoms with Crippen molar-refractivity contribution in [2.24, 2.45) is 0 Å². The smallest absolute Gasteiger partial charge is 0.472 e. The van der Waals surface area contributed by atoms with Gasteiger partial charge in [-0.15, -0.1) is 0 Å². The fourth-order valence-electron chi connectivity index (χ4n) is 2.19. The number of pyridine rings is 1. The van der Waals surface area contributed by atoms with Gasteiger partial charge in [-0.05, 0) is 39.8 Å². The zero-order valence-corrected chi connectivity index (χ0v) is 13.3. The highest BCUT2D eigenvalue weighted by Gasteiger charge is 2.51. The highest BCUT2D eigenvalue weighted by Crippen LogP contribution is 2.37. The van der Waals surface area contributed by atoms with Crippen LogP contribution in [0.25, 0.3) is 11.1 Å². The maximum Gasteiger partial charge on any atom is 0.496 e. The summed E-state index contributed by atoms with van der Waals surface area (Å²) in [6.07, 6.45) is 4.93. The topological polar surface area (TPSA) is 44.5 Å². The molecule has 6 heteroatoms. The van der Waals surface area contributed by atoms with E-state index in [1.54, 1.807) is 18.7 Å². The van der Waals surface area contributed by atoms with Crippen LogP contribution in [0.4, 0.5) is 0 Å². The van der Waals surface area contributed by atoms with Gasteiger partial charge in [0.1, 0.15) is 5.15 Å². The molecule has 0 spiro atoms. The van der Waals surface area contributed by atoms with Gasteiger partial charge in [-0.2, -0.15) is 0 Å². The first-order valence-corrected chi connectivity index (χ1v) is 7.22. The zero-order valence-electron chi connectivity index (χ0n) is 12.5. The third kappa shape index (κ3) is 2.50. The normalized spacial score (nSPS) is 20.0. The lowest BCUT2D eigenvalue weighted by Gasteiger charge is -2.32. The Bertz CT molecular complexity index is 639. The van der Waals surface area contributed by atoms with Gasteiger partial charge in [0.15, 0.2) is 0 Å². The summed E-state index contributed by atoms with van der Waals surface area (Å²) in [7, 11) is -0.453. The number of hydrogen-bond acceptors (Lipinski definition) is 4. The summed E-state index contributed by atoms with van der Waals surface area (Å²) in [5.41, 5.74) is 1.76. The van der Waals surface area contributed by atoms with E-state index < -0.39 is 7.12 Å². The molecular formula is C15H17BClNO3. The number of nitrogens with zero attached hydrogens (tertiary/aromatic N) is 1. The number of hydrogen-bond donors (Lipinski definition) is 0. The number of rotatable bonds is 2. The second-order valence-electron chi connectivity index (χ2n) is 6.21. The maximum atomic E-state index is 6.17. The minimum atomic E-state index is -0.453. The second kappa shape index (κ2) is 4.87. The summed E-state index contributed by atoms with van der Waals surface area (Å²) in [5, 5.41) is 0.427. The average Bonchev–Trinajstić information content (AvgIpc) is 2.97. The van der Waals surface area contributed by atoms with E-state index in [4.69, 9.17) is 25.3 Å². The molecule has 3 rings (SSSR count). The van der Waals surface area contributed by atoms with Crippen LogP contribution in [-0.2, 0) is 9.31 Å². The minimum Gasteiger partial charge on any atom is -0.472 e. The fraction of sp³-hybridized carbons (Fsp3) is 0.400. The summed E-state index contributed by atoms with van der Waals surface area (Å²) >= 11 is 6.17. The number of halogens is 1. The summed E-state index contributed by atoms with van der Waals surface area (Å²) in [6.45, 7) is 8.08. The predicted molar refractivity (Wildman–Crippen MR) is 82.7 cm³/mol. The minimum absolute atomic E-state index is 0.382. The maximum absolute atomic E-state index is 6.17. The molecule has 3 heterocycles. The lowest BCUT2D eigenvalue weighted by molar-refractivity contribution is 0.00578. The van der Waals surface area contributed by atoms with Crippen LogP contribution in [0.15, 0.2) is 35.3 Å². The molecule has 21 heavy (non-hydrogen) atoms. The fourth-order valence-corrected chi connectivity index (χ4v) is 2.40. The molecule has 0 saturated carbocycles. The Morgan fingerprint density at radius 3 is 2.38 bits per heavy atom. The molecule has 0 bridgehead atoms. The van der Waals surface area contributed by atoms with Crippen LogP contribution in [-0.4, -0.2) is 23.3 Å². The van der Waals surface area contributed by atoms with Crippen LogP contribution in [0.5, 0.6) is 0 Å². The van der Waals surface area contributed by atoms with Gasteiger partial charge in [0.05, 0.1) is 23.7 Å². The molecule has 2 aromatic heterocycles. The molecule has 110 valence electrons. The standard InChI is InChI=1S/C15H17BClNO3/c1-14(2)15(3,4)21-16(20-14)11-7-12(13(17)18-8-11)10-5-6-19-9-10/h5-9H,1-4H3. The van der Waals surface area contributed by atoms with Gasteiger partial charge in [-0.3, -0.25) is 0 Å². The third-order valence-electron chi connectivity index (χ3n) is 4.22. The van der Waals surface area contributed by atoms with E-state index >= 15 is 0 Å². The molecule has 0 atom stereocenters. The van der Waals surface area contributed by atoms with Crippen molar-refractivity contribution < 1.29 is 13.7 Å². The molecule has 4 nitrogen and oxygen atoms in total. The molecule has 0 unspecified atom stereocenters. The number of aromatic nitrogens is 1. The van der Waals surface area contributed by atoms with E-state index in [2.05, 4.69) is 4.98 Å². The molecule has 1 aliphatic rings. The van der Waals surface area contributed by atoms with Crippen molar-refractivity contribution in [2.75, 3.05) is 0 Å². The largest absolute Gasteiger partial charge is 0.496 e. The SMILES string of the molecule is CC1(C)OB(c2cnc(Cl)c(-c3ccoc3)c2)OC1(C)C. The zero-order chi connectivity index (χ0) is 15.3. The van der Waals surface area contributed by atoms with Crippen molar-refractivity contribution in [2.45, 2.75) is 38.9 Å². The van der Waals surface area contributed by atoms with Crippen LogP contribution < -0.4 is 5.46 Å². The molecule has 1 aliphatic heterocycles.